The van der Waals surface area contributed by atoms with Crippen molar-refractivity contribution in [2.45, 2.75) is 13.0 Å². The van der Waals surface area contributed by atoms with Crippen molar-refractivity contribution in [3.8, 4) is 17.1 Å². The monoisotopic (exact) mass is 402 g/mol. The van der Waals surface area contributed by atoms with Crippen LogP contribution < -0.4 is 4.74 Å². The number of carbonyl (C=O) groups excluding carboxylic acids is 1. The quantitative estimate of drug-likeness (QED) is 0.639. The lowest BCUT2D eigenvalue weighted by atomic mass is 10.0. The van der Waals surface area contributed by atoms with Gasteiger partial charge in [-0.1, -0.05) is 28.4 Å². The predicted octanol–water partition coefficient (Wildman–Crippen LogP) is 4.61. The van der Waals surface area contributed by atoms with Crippen LogP contribution >= 0.6 is 23.2 Å². The summed E-state index contributed by atoms with van der Waals surface area (Å²) >= 11 is 11.8. The van der Waals surface area contributed by atoms with Crippen LogP contribution in [0.1, 0.15) is 11.3 Å². The number of fused-ring (bicyclic) bond motifs is 1. The Morgan fingerprint density at radius 3 is 2.44 bits per heavy atom. The van der Waals surface area contributed by atoms with Crippen molar-refractivity contribution in [2.75, 3.05) is 13.2 Å². The zero-order valence-electron chi connectivity index (χ0n) is 14.3. The highest BCUT2D eigenvalue weighted by atomic mass is 35.5. The molecule has 3 aromatic rings. The van der Waals surface area contributed by atoms with Gasteiger partial charge in [0.1, 0.15) is 5.75 Å². The first kappa shape index (κ1) is 17.9. The average Bonchev–Trinajstić information content (AvgIpc) is 3.11. The number of aromatic nitrogens is 1. The molecule has 27 heavy (non-hydrogen) atoms. The highest BCUT2D eigenvalue weighted by Gasteiger charge is 2.27. The molecule has 2 heterocycles. The number of carbonyl (C=O) groups is 1. The largest absolute Gasteiger partial charge is 0.484 e. The Kier molecular flexibility index (Phi) is 5.05. The molecule has 0 N–H and O–H groups in total. The van der Waals surface area contributed by atoms with E-state index in [2.05, 4.69) is 5.16 Å². The molecule has 0 fully saturated rings. The van der Waals surface area contributed by atoms with Crippen molar-refractivity contribution < 1.29 is 14.1 Å². The number of ether oxygens (including phenoxy) is 1. The Morgan fingerprint density at radius 2 is 1.74 bits per heavy atom. The van der Waals surface area contributed by atoms with E-state index >= 15 is 0 Å². The molecule has 1 amide bonds. The summed E-state index contributed by atoms with van der Waals surface area (Å²) in [5.41, 5.74) is 2.71. The zero-order chi connectivity index (χ0) is 18.8. The van der Waals surface area contributed by atoms with E-state index in [4.69, 9.17) is 32.5 Å². The third-order valence-corrected chi connectivity index (χ3v) is 4.98. The topological polar surface area (TPSA) is 55.6 Å². The van der Waals surface area contributed by atoms with Crippen LogP contribution in [0.4, 0.5) is 0 Å². The molecule has 0 saturated carbocycles. The molecule has 0 saturated heterocycles. The first-order valence-corrected chi connectivity index (χ1v) is 9.25. The molecular formula is C20H16Cl2N2O3. The number of rotatable bonds is 4. The average molecular weight is 403 g/mol. The Balaban J connectivity index is 1.45. The second-order valence-corrected chi connectivity index (χ2v) is 7.12. The van der Waals surface area contributed by atoms with E-state index in [1.807, 2.05) is 12.1 Å². The lowest BCUT2D eigenvalue weighted by molar-refractivity contribution is -0.134. The van der Waals surface area contributed by atoms with E-state index in [1.54, 1.807) is 41.3 Å². The van der Waals surface area contributed by atoms with Gasteiger partial charge in [-0.3, -0.25) is 4.79 Å². The summed E-state index contributed by atoms with van der Waals surface area (Å²) in [6.07, 6.45) is 0.652. The number of halogens is 2. The lowest BCUT2D eigenvalue weighted by Crippen LogP contribution is -2.38. The normalized spacial score (nSPS) is 13.3. The molecular weight excluding hydrogens is 387 g/mol. The van der Waals surface area contributed by atoms with E-state index in [0.717, 1.165) is 16.8 Å². The summed E-state index contributed by atoms with van der Waals surface area (Å²) < 4.78 is 11.1. The molecule has 138 valence electrons. The summed E-state index contributed by atoms with van der Waals surface area (Å²) in [6, 6.07) is 14.3. The highest BCUT2D eigenvalue weighted by molar-refractivity contribution is 6.30. The number of amides is 1. The second kappa shape index (κ2) is 7.62. The molecule has 1 aliphatic heterocycles. The maximum atomic E-state index is 12.6. The van der Waals surface area contributed by atoms with Crippen molar-refractivity contribution in [1.29, 1.82) is 0 Å². The summed E-state index contributed by atoms with van der Waals surface area (Å²) in [4.78, 5) is 14.3. The lowest BCUT2D eigenvalue weighted by Gasteiger charge is -2.26. The predicted molar refractivity (Wildman–Crippen MR) is 103 cm³/mol. The summed E-state index contributed by atoms with van der Waals surface area (Å²) in [7, 11) is 0. The van der Waals surface area contributed by atoms with E-state index < -0.39 is 0 Å². The first-order valence-electron chi connectivity index (χ1n) is 8.49. The van der Waals surface area contributed by atoms with Gasteiger partial charge in [-0.05, 0) is 48.5 Å². The zero-order valence-corrected chi connectivity index (χ0v) is 15.8. The van der Waals surface area contributed by atoms with Crippen molar-refractivity contribution in [3.63, 3.8) is 0 Å². The Labute approximate surface area is 166 Å². The van der Waals surface area contributed by atoms with Crippen LogP contribution in [0.5, 0.6) is 5.75 Å². The number of benzene rings is 2. The third-order valence-electron chi connectivity index (χ3n) is 4.47. The molecule has 7 heteroatoms. The van der Waals surface area contributed by atoms with Crippen LogP contribution in [0.3, 0.4) is 0 Å². The molecule has 0 bridgehead atoms. The van der Waals surface area contributed by atoms with Crippen LogP contribution in [0.15, 0.2) is 53.1 Å². The van der Waals surface area contributed by atoms with Gasteiger partial charge in [0.15, 0.2) is 12.4 Å². The van der Waals surface area contributed by atoms with Crippen molar-refractivity contribution >= 4 is 29.1 Å². The molecule has 5 nitrogen and oxygen atoms in total. The third kappa shape index (κ3) is 3.94. The van der Waals surface area contributed by atoms with Gasteiger partial charge >= 0.3 is 0 Å². The molecule has 2 aromatic carbocycles. The molecule has 0 atom stereocenters. The van der Waals surface area contributed by atoms with Crippen molar-refractivity contribution in [1.82, 2.24) is 10.1 Å². The van der Waals surface area contributed by atoms with Gasteiger partial charge in [-0.15, -0.1) is 0 Å². The van der Waals surface area contributed by atoms with Gasteiger partial charge in [0.05, 0.1) is 12.2 Å². The molecule has 0 unspecified atom stereocenters. The van der Waals surface area contributed by atoms with Gasteiger partial charge in [0, 0.05) is 34.1 Å². The van der Waals surface area contributed by atoms with Crippen LogP contribution in [0.25, 0.3) is 11.3 Å². The maximum absolute atomic E-state index is 12.6. The fourth-order valence-electron chi connectivity index (χ4n) is 3.02. The molecule has 0 spiro atoms. The van der Waals surface area contributed by atoms with Gasteiger partial charge in [0.2, 0.25) is 0 Å². The van der Waals surface area contributed by atoms with Crippen LogP contribution in [0, 0.1) is 0 Å². The van der Waals surface area contributed by atoms with Crippen molar-refractivity contribution in [3.05, 3.63) is 69.8 Å². The van der Waals surface area contributed by atoms with Crippen LogP contribution in [0.2, 0.25) is 10.0 Å². The number of hydrogen-bond donors (Lipinski definition) is 0. The van der Waals surface area contributed by atoms with E-state index in [-0.39, 0.29) is 12.5 Å². The standard InChI is InChI=1S/C20H16Cl2N2O3/c21-14-3-1-13(2-4-14)20-17-11-24(10-9-18(17)23-27-20)19(25)12-26-16-7-5-15(22)6-8-16/h1-8H,9-12H2. The number of hydrogen-bond acceptors (Lipinski definition) is 4. The maximum Gasteiger partial charge on any atom is 0.260 e. The summed E-state index contributed by atoms with van der Waals surface area (Å²) in [5.74, 6) is 1.20. The van der Waals surface area contributed by atoms with Gasteiger partial charge < -0.3 is 14.2 Å². The Bertz CT molecular complexity index is 952. The SMILES string of the molecule is O=C(COc1ccc(Cl)cc1)N1CCc2noc(-c3ccc(Cl)cc3)c2C1. The smallest absolute Gasteiger partial charge is 0.260 e. The molecule has 0 aliphatic carbocycles. The molecule has 1 aliphatic rings. The van der Waals surface area contributed by atoms with Gasteiger partial charge in [-0.2, -0.15) is 0 Å². The van der Waals surface area contributed by atoms with Gasteiger partial charge in [0.25, 0.3) is 5.91 Å². The van der Waals surface area contributed by atoms with E-state index in [9.17, 15) is 4.79 Å². The fourth-order valence-corrected chi connectivity index (χ4v) is 3.27. The van der Waals surface area contributed by atoms with E-state index in [0.29, 0.717) is 41.1 Å². The molecule has 1 aromatic heterocycles. The minimum Gasteiger partial charge on any atom is -0.484 e. The van der Waals surface area contributed by atoms with Gasteiger partial charge in [-0.25, -0.2) is 0 Å². The fraction of sp³-hybridized carbons (Fsp3) is 0.200. The Hall–Kier alpha value is -2.50. The summed E-state index contributed by atoms with van der Waals surface area (Å²) in [6.45, 7) is 1.00. The van der Waals surface area contributed by atoms with Crippen molar-refractivity contribution in [2.24, 2.45) is 0 Å². The highest BCUT2D eigenvalue weighted by Crippen LogP contribution is 2.31. The molecule has 0 radical (unpaired) electrons. The minimum atomic E-state index is -0.0844. The number of nitrogens with zero attached hydrogens (tertiary/aromatic N) is 2. The van der Waals surface area contributed by atoms with Crippen LogP contribution in [-0.2, 0) is 17.8 Å². The summed E-state index contributed by atoms with van der Waals surface area (Å²) in [5, 5.41) is 5.44. The van der Waals surface area contributed by atoms with E-state index in [1.165, 1.54) is 0 Å². The first-order chi connectivity index (χ1) is 13.1. The Morgan fingerprint density at radius 1 is 1.07 bits per heavy atom. The van der Waals surface area contributed by atoms with Crippen LogP contribution in [-0.4, -0.2) is 29.1 Å². The second-order valence-electron chi connectivity index (χ2n) is 6.25. The minimum absolute atomic E-state index is 0.0292. The molecule has 4 rings (SSSR count).